The average Bonchev–Trinajstić information content (AvgIpc) is 2.31. The molecule has 1 aromatic rings. The standard InChI is InChI=1S/C14H17NS/c1-11-7-8-12(10-15)14(9-11)16-13-5-3-2-4-6-13/h2-6,11-12,14H,7-9H2,1H3. The molecule has 1 aliphatic carbocycles. The molecule has 0 bridgehead atoms. The summed E-state index contributed by atoms with van der Waals surface area (Å²) in [6.45, 7) is 2.30. The number of nitriles is 1. The lowest BCUT2D eigenvalue weighted by Crippen LogP contribution is -2.24. The minimum absolute atomic E-state index is 0.237. The number of hydrogen-bond acceptors (Lipinski definition) is 2. The average molecular weight is 231 g/mol. The Morgan fingerprint density at radius 2 is 2.00 bits per heavy atom. The molecule has 0 spiro atoms. The van der Waals surface area contributed by atoms with Crippen LogP contribution in [0.25, 0.3) is 0 Å². The second kappa shape index (κ2) is 5.41. The van der Waals surface area contributed by atoms with Gasteiger partial charge in [-0.1, -0.05) is 25.1 Å². The van der Waals surface area contributed by atoms with Crippen LogP contribution in [0.4, 0.5) is 0 Å². The monoisotopic (exact) mass is 231 g/mol. The lowest BCUT2D eigenvalue weighted by molar-refractivity contribution is 0.346. The number of nitrogens with zero attached hydrogens (tertiary/aromatic N) is 1. The van der Waals surface area contributed by atoms with Gasteiger partial charge < -0.3 is 0 Å². The van der Waals surface area contributed by atoms with Crippen molar-refractivity contribution in [2.75, 3.05) is 0 Å². The molecule has 1 aromatic carbocycles. The second-order valence-corrected chi connectivity index (χ2v) is 5.94. The van der Waals surface area contributed by atoms with E-state index in [0.717, 1.165) is 12.3 Å². The molecule has 0 amide bonds. The lowest BCUT2D eigenvalue weighted by Gasteiger charge is -2.30. The second-order valence-electron chi connectivity index (χ2n) is 4.62. The SMILES string of the molecule is CC1CCC(C#N)C(Sc2ccccc2)C1. The van der Waals surface area contributed by atoms with E-state index in [0.29, 0.717) is 5.25 Å². The van der Waals surface area contributed by atoms with Crippen LogP contribution in [0, 0.1) is 23.2 Å². The van der Waals surface area contributed by atoms with Crippen molar-refractivity contribution in [3.63, 3.8) is 0 Å². The third-order valence-corrected chi connectivity index (χ3v) is 4.62. The van der Waals surface area contributed by atoms with E-state index in [-0.39, 0.29) is 5.92 Å². The smallest absolute Gasteiger partial charge is 0.0667 e. The van der Waals surface area contributed by atoms with Crippen molar-refractivity contribution >= 4 is 11.8 Å². The van der Waals surface area contributed by atoms with E-state index >= 15 is 0 Å². The van der Waals surface area contributed by atoms with Gasteiger partial charge in [0.05, 0.1) is 12.0 Å². The molecule has 0 saturated heterocycles. The molecule has 84 valence electrons. The van der Waals surface area contributed by atoms with Crippen LogP contribution >= 0.6 is 11.8 Å². The molecule has 16 heavy (non-hydrogen) atoms. The third-order valence-electron chi connectivity index (χ3n) is 3.25. The van der Waals surface area contributed by atoms with Crippen molar-refractivity contribution in [3.05, 3.63) is 30.3 Å². The Balaban J connectivity index is 2.04. The van der Waals surface area contributed by atoms with Crippen molar-refractivity contribution in [1.29, 1.82) is 5.26 Å². The Morgan fingerprint density at radius 3 is 2.69 bits per heavy atom. The Labute approximate surface area is 102 Å². The summed E-state index contributed by atoms with van der Waals surface area (Å²) in [6.07, 6.45) is 3.46. The highest BCUT2D eigenvalue weighted by Crippen LogP contribution is 2.39. The maximum Gasteiger partial charge on any atom is 0.0667 e. The third kappa shape index (κ3) is 2.80. The first-order valence-corrected chi connectivity index (χ1v) is 6.79. The fourth-order valence-corrected chi connectivity index (χ4v) is 3.73. The topological polar surface area (TPSA) is 23.8 Å². The van der Waals surface area contributed by atoms with Crippen LogP contribution in [0.5, 0.6) is 0 Å². The molecular weight excluding hydrogens is 214 g/mol. The van der Waals surface area contributed by atoms with Gasteiger partial charge in [-0.25, -0.2) is 0 Å². The molecule has 1 saturated carbocycles. The molecule has 1 fully saturated rings. The van der Waals surface area contributed by atoms with E-state index < -0.39 is 0 Å². The van der Waals surface area contributed by atoms with E-state index in [4.69, 9.17) is 5.26 Å². The summed E-state index contributed by atoms with van der Waals surface area (Å²) in [4.78, 5) is 1.29. The lowest BCUT2D eigenvalue weighted by atomic mass is 9.83. The summed E-state index contributed by atoms with van der Waals surface area (Å²) < 4.78 is 0. The maximum atomic E-state index is 9.16. The van der Waals surface area contributed by atoms with Crippen molar-refractivity contribution < 1.29 is 0 Å². The summed E-state index contributed by atoms with van der Waals surface area (Å²) in [7, 11) is 0. The van der Waals surface area contributed by atoms with Crippen LogP contribution < -0.4 is 0 Å². The molecule has 1 nitrogen and oxygen atoms in total. The highest BCUT2D eigenvalue weighted by molar-refractivity contribution is 8.00. The number of hydrogen-bond donors (Lipinski definition) is 0. The zero-order valence-electron chi connectivity index (χ0n) is 9.60. The van der Waals surface area contributed by atoms with Gasteiger partial charge in [-0.05, 0) is 37.3 Å². The van der Waals surface area contributed by atoms with Gasteiger partial charge in [-0.15, -0.1) is 11.8 Å². The van der Waals surface area contributed by atoms with Crippen LogP contribution in [0.1, 0.15) is 26.2 Å². The predicted molar refractivity (Wildman–Crippen MR) is 68.2 cm³/mol. The van der Waals surface area contributed by atoms with Gasteiger partial charge >= 0.3 is 0 Å². The van der Waals surface area contributed by atoms with Crippen LogP contribution in [-0.4, -0.2) is 5.25 Å². The van der Waals surface area contributed by atoms with Crippen molar-refractivity contribution in [1.82, 2.24) is 0 Å². The van der Waals surface area contributed by atoms with Crippen LogP contribution in [0.15, 0.2) is 35.2 Å². The first-order chi connectivity index (χ1) is 7.79. The quantitative estimate of drug-likeness (QED) is 0.765. The van der Waals surface area contributed by atoms with Crippen molar-refractivity contribution in [2.24, 2.45) is 11.8 Å². The zero-order valence-corrected chi connectivity index (χ0v) is 10.4. The van der Waals surface area contributed by atoms with E-state index in [2.05, 4.69) is 37.3 Å². The summed E-state index contributed by atoms with van der Waals surface area (Å²) >= 11 is 1.88. The van der Waals surface area contributed by atoms with Crippen LogP contribution in [0.3, 0.4) is 0 Å². The fraction of sp³-hybridized carbons (Fsp3) is 0.500. The van der Waals surface area contributed by atoms with E-state index in [1.54, 1.807) is 0 Å². The van der Waals surface area contributed by atoms with Gasteiger partial charge in [0.15, 0.2) is 0 Å². The highest BCUT2D eigenvalue weighted by atomic mass is 32.2. The van der Waals surface area contributed by atoms with E-state index in [1.807, 2.05) is 17.8 Å². The molecule has 1 aliphatic rings. The minimum atomic E-state index is 0.237. The van der Waals surface area contributed by atoms with Gasteiger partial charge in [0.25, 0.3) is 0 Å². The Bertz CT molecular complexity index is 368. The van der Waals surface area contributed by atoms with Gasteiger partial charge in [0, 0.05) is 10.1 Å². The highest BCUT2D eigenvalue weighted by Gasteiger charge is 2.29. The Hall–Kier alpha value is -0.940. The summed E-state index contributed by atoms with van der Waals surface area (Å²) in [5, 5.41) is 9.64. The van der Waals surface area contributed by atoms with Crippen molar-refractivity contribution in [3.8, 4) is 6.07 Å². The number of rotatable bonds is 2. The molecule has 0 heterocycles. The summed E-state index contributed by atoms with van der Waals surface area (Å²) in [5.74, 6) is 1.01. The largest absolute Gasteiger partial charge is 0.198 e. The predicted octanol–water partition coefficient (Wildman–Crippen LogP) is 4.11. The number of benzene rings is 1. The van der Waals surface area contributed by atoms with Crippen LogP contribution in [-0.2, 0) is 0 Å². The van der Waals surface area contributed by atoms with Gasteiger partial charge in [-0.2, -0.15) is 5.26 Å². The molecule has 0 N–H and O–H groups in total. The molecule has 3 atom stereocenters. The molecule has 0 aliphatic heterocycles. The minimum Gasteiger partial charge on any atom is -0.198 e. The van der Waals surface area contributed by atoms with Gasteiger partial charge in [0.2, 0.25) is 0 Å². The Morgan fingerprint density at radius 1 is 1.25 bits per heavy atom. The molecular formula is C14H17NS. The molecule has 3 unspecified atom stereocenters. The fourth-order valence-electron chi connectivity index (χ4n) is 2.28. The first kappa shape index (κ1) is 11.5. The summed E-state index contributed by atoms with van der Waals surface area (Å²) in [5.41, 5.74) is 0. The van der Waals surface area contributed by atoms with E-state index in [1.165, 1.54) is 17.7 Å². The van der Waals surface area contributed by atoms with Gasteiger partial charge in [0.1, 0.15) is 0 Å². The molecule has 2 rings (SSSR count). The van der Waals surface area contributed by atoms with Crippen LogP contribution in [0.2, 0.25) is 0 Å². The van der Waals surface area contributed by atoms with Crippen molar-refractivity contribution in [2.45, 2.75) is 36.3 Å². The summed E-state index contributed by atoms with van der Waals surface area (Å²) in [6, 6.07) is 12.9. The first-order valence-electron chi connectivity index (χ1n) is 5.91. The maximum absolute atomic E-state index is 9.16. The normalized spacial score (nSPS) is 29.6. The number of thioether (sulfide) groups is 1. The van der Waals surface area contributed by atoms with E-state index in [9.17, 15) is 0 Å². The zero-order chi connectivity index (χ0) is 11.4. The van der Waals surface area contributed by atoms with Gasteiger partial charge in [-0.3, -0.25) is 0 Å². The molecule has 2 heteroatoms. The Kier molecular flexibility index (Phi) is 3.90. The molecule has 0 aromatic heterocycles. The molecule has 0 radical (unpaired) electrons.